The molecule has 1 fully saturated rings. The molecule has 17 heavy (non-hydrogen) atoms. The molecule has 2 unspecified atom stereocenters. The van der Waals surface area contributed by atoms with E-state index < -0.39 is 0 Å². The van der Waals surface area contributed by atoms with Gasteiger partial charge in [-0.25, -0.2) is 4.98 Å². The van der Waals surface area contributed by atoms with E-state index in [1.807, 2.05) is 12.3 Å². The molecule has 4 nitrogen and oxygen atoms in total. The molecule has 2 heterocycles. The Balaban J connectivity index is 1.69. The summed E-state index contributed by atoms with van der Waals surface area (Å²) in [5.74, 6) is 0.815. The first-order valence-electron chi connectivity index (χ1n) is 6.15. The van der Waals surface area contributed by atoms with Crippen molar-refractivity contribution in [3.63, 3.8) is 0 Å². The van der Waals surface area contributed by atoms with Crippen LogP contribution in [0.1, 0.15) is 37.2 Å². The first-order valence-corrected chi connectivity index (χ1v) is 7.03. The Morgan fingerprint density at radius 2 is 2.65 bits per heavy atom. The SMILES string of the molecule is CC(NC(=O)CCC1CCNC1)c1nccs1. The second kappa shape index (κ2) is 6.12. The lowest BCUT2D eigenvalue weighted by atomic mass is 10.0. The average molecular weight is 253 g/mol. The van der Waals surface area contributed by atoms with E-state index in [-0.39, 0.29) is 11.9 Å². The number of nitrogens with zero attached hydrogens (tertiary/aromatic N) is 1. The summed E-state index contributed by atoms with van der Waals surface area (Å²) in [6.45, 7) is 4.14. The molecule has 1 aromatic rings. The average Bonchev–Trinajstić information content (AvgIpc) is 2.99. The van der Waals surface area contributed by atoms with Gasteiger partial charge in [0.25, 0.3) is 0 Å². The van der Waals surface area contributed by atoms with Crippen LogP contribution in [0.5, 0.6) is 0 Å². The third kappa shape index (κ3) is 3.78. The van der Waals surface area contributed by atoms with Crippen LogP contribution in [0.3, 0.4) is 0 Å². The fraction of sp³-hybridized carbons (Fsp3) is 0.667. The van der Waals surface area contributed by atoms with Gasteiger partial charge in [-0.1, -0.05) is 0 Å². The summed E-state index contributed by atoms with van der Waals surface area (Å²) in [5.41, 5.74) is 0. The molecule has 0 aromatic carbocycles. The van der Waals surface area contributed by atoms with Crippen molar-refractivity contribution in [1.29, 1.82) is 0 Å². The molecule has 0 aliphatic carbocycles. The Hall–Kier alpha value is -0.940. The molecule has 1 saturated heterocycles. The topological polar surface area (TPSA) is 54.0 Å². The summed E-state index contributed by atoms with van der Waals surface area (Å²) in [6.07, 6.45) is 4.59. The van der Waals surface area contributed by atoms with Crippen LogP contribution in [0, 0.1) is 5.92 Å². The molecule has 1 amide bonds. The highest BCUT2D eigenvalue weighted by molar-refractivity contribution is 7.09. The number of hydrogen-bond donors (Lipinski definition) is 2. The van der Waals surface area contributed by atoms with Crippen LogP contribution in [-0.4, -0.2) is 24.0 Å². The first-order chi connectivity index (χ1) is 8.25. The zero-order valence-corrected chi connectivity index (χ0v) is 10.9. The number of aromatic nitrogens is 1. The Morgan fingerprint density at radius 1 is 1.76 bits per heavy atom. The summed E-state index contributed by atoms with van der Waals surface area (Å²) in [7, 11) is 0. The second-order valence-corrected chi connectivity index (χ2v) is 5.48. The molecular formula is C12H19N3OS. The van der Waals surface area contributed by atoms with E-state index in [1.165, 1.54) is 6.42 Å². The van der Waals surface area contributed by atoms with E-state index in [4.69, 9.17) is 0 Å². The number of amides is 1. The number of carbonyl (C=O) groups excluding carboxylic acids is 1. The molecule has 2 N–H and O–H groups in total. The molecular weight excluding hydrogens is 234 g/mol. The van der Waals surface area contributed by atoms with E-state index in [1.54, 1.807) is 17.5 Å². The van der Waals surface area contributed by atoms with Gasteiger partial charge in [-0.3, -0.25) is 4.79 Å². The van der Waals surface area contributed by atoms with Gasteiger partial charge in [-0.2, -0.15) is 0 Å². The fourth-order valence-electron chi connectivity index (χ4n) is 2.12. The Bertz CT molecular complexity index is 347. The van der Waals surface area contributed by atoms with Gasteiger partial charge < -0.3 is 10.6 Å². The van der Waals surface area contributed by atoms with Crippen molar-refractivity contribution >= 4 is 17.2 Å². The second-order valence-electron chi connectivity index (χ2n) is 4.56. The van der Waals surface area contributed by atoms with Crippen molar-refractivity contribution in [1.82, 2.24) is 15.6 Å². The lowest BCUT2D eigenvalue weighted by Crippen LogP contribution is -2.27. The maximum atomic E-state index is 11.8. The van der Waals surface area contributed by atoms with Gasteiger partial charge in [0.15, 0.2) is 0 Å². The highest BCUT2D eigenvalue weighted by Crippen LogP contribution is 2.17. The third-order valence-corrected chi connectivity index (χ3v) is 4.10. The first kappa shape index (κ1) is 12.5. The van der Waals surface area contributed by atoms with E-state index >= 15 is 0 Å². The highest BCUT2D eigenvalue weighted by atomic mass is 32.1. The van der Waals surface area contributed by atoms with Crippen molar-refractivity contribution in [3.05, 3.63) is 16.6 Å². The number of thiazole rings is 1. The zero-order valence-electron chi connectivity index (χ0n) is 10.1. The number of rotatable bonds is 5. The van der Waals surface area contributed by atoms with E-state index in [2.05, 4.69) is 15.6 Å². The van der Waals surface area contributed by atoms with Crippen LogP contribution in [0.4, 0.5) is 0 Å². The van der Waals surface area contributed by atoms with Crippen LogP contribution in [0.2, 0.25) is 0 Å². The van der Waals surface area contributed by atoms with Gasteiger partial charge in [0.1, 0.15) is 5.01 Å². The monoisotopic (exact) mass is 253 g/mol. The van der Waals surface area contributed by atoms with E-state index in [0.717, 1.165) is 24.5 Å². The van der Waals surface area contributed by atoms with Crippen molar-refractivity contribution in [2.45, 2.75) is 32.2 Å². The molecule has 2 rings (SSSR count). The Kier molecular flexibility index (Phi) is 4.50. The van der Waals surface area contributed by atoms with Crippen molar-refractivity contribution in [2.24, 2.45) is 5.92 Å². The normalized spacial score (nSPS) is 21.4. The smallest absolute Gasteiger partial charge is 0.220 e. The number of carbonyl (C=O) groups is 1. The molecule has 1 aliphatic rings. The molecule has 0 spiro atoms. The summed E-state index contributed by atoms with van der Waals surface area (Å²) in [6, 6.07) is 0.0317. The van der Waals surface area contributed by atoms with Crippen molar-refractivity contribution in [2.75, 3.05) is 13.1 Å². The molecule has 1 aromatic heterocycles. The van der Waals surface area contributed by atoms with Gasteiger partial charge in [-0.05, 0) is 38.8 Å². The minimum Gasteiger partial charge on any atom is -0.347 e. The Morgan fingerprint density at radius 3 is 3.29 bits per heavy atom. The molecule has 0 saturated carbocycles. The summed E-state index contributed by atoms with van der Waals surface area (Å²) >= 11 is 1.58. The maximum absolute atomic E-state index is 11.8. The fourth-order valence-corrected chi connectivity index (χ4v) is 2.77. The summed E-state index contributed by atoms with van der Waals surface area (Å²) < 4.78 is 0. The van der Waals surface area contributed by atoms with Crippen molar-refractivity contribution in [3.8, 4) is 0 Å². The van der Waals surface area contributed by atoms with Gasteiger partial charge in [-0.15, -0.1) is 11.3 Å². The minimum atomic E-state index is 0.0317. The molecule has 2 atom stereocenters. The van der Waals surface area contributed by atoms with Crippen LogP contribution >= 0.6 is 11.3 Å². The number of hydrogen-bond acceptors (Lipinski definition) is 4. The standard InChI is InChI=1S/C12H19N3OS/c1-9(12-14-6-7-17-12)15-11(16)3-2-10-4-5-13-8-10/h6-7,9-10,13H,2-5,8H2,1H3,(H,15,16). The lowest BCUT2D eigenvalue weighted by molar-refractivity contribution is -0.122. The predicted molar refractivity (Wildman–Crippen MR) is 68.9 cm³/mol. The van der Waals surface area contributed by atoms with E-state index in [0.29, 0.717) is 12.3 Å². The van der Waals surface area contributed by atoms with E-state index in [9.17, 15) is 4.79 Å². The summed E-state index contributed by atoms with van der Waals surface area (Å²) in [4.78, 5) is 16.0. The molecule has 0 bridgehead atoms. The molecule has 1 aliphatic heterocycles. The van der Waals surface area contributed by atoms with Crippen LogP contribution < -0.4 is 10.6 Å². The van der Waals surface area contributed by atoms with Gasteiger partial charge in [0.05, 0.1) is 6.04 Å². The van der Waals surface area contributed by atoms with Crippen LogP contribution in [-0.2, 0) is 4.79 Å². The van der Waals surface area contributed by atoms with Gasteiger partial charge >= 0.3 is 0 Å². The molecule has 5 heteroatoms. The zero-order chi connectivity index (χ0) is 12.1. The third-order valence-electron chi connectivity index (χ3n) is 3.14. The van der Waals surface area contributed by atoms with Gasteiger partial charge in [0, 0.05) is 18.0 Å². The Labute approximate surface area is 106 Å². The van der Waals surface area contributed by atoms with Crippen LogP contribution in [0.15, 0.2) is 11.6 Å². The number of nitrogens with one attached hydrogen (secondary N) is 2. The highest BCUT2D eigenvalue weighted by Gasteiger charge is 2.17. The summed E-state index contributed by atoms with van der Waals surface area (Å²) in [5, 5.41) is 9.22. The van der Waals surface area contributed by atoms with Gasteiger partial charge in [0.2, 0.25) is 5.91 Å². The molecule has 0 radical (unpaired) electrons. The van der Waals surface area contributed by atoms with Crippen LogP contribution in [0.25, 0.3) is 0 Å². The largest absolute Gasteiger partial charge is 0.347 e. The quantitative estimate of drug-likeness (QED) is 0.840. The van der Waals surface area contributed by atoms with Crippen molar-refractivity contribution < 1.29 is 4.79 Å². The lowest BCUT2D eigenvalue weighted by Gasteiger charge is -2.12. The predicted octanol–water partition coefficient (Wildman–Crippen LogP) is 1.71. The maximum Gasteiger partial charge on any atom is 0.220 e. The minimum absolute atomic E-state index is 0.0317. The molecule has 94 valence electrons.